The smallest absolute Gasteiger partial charge is 0.347 e. The van der Waals surface area contributed by atoms with Crippen LogP contribution in [0, 0.1) is 6.92 Å². The molecule has 0 radical (unpaired) electrons. The van der Waals surface area contributed by atoms with Crippen LogP contribution in [0.15, 0.2) is 39.5 Å². The number of fused-ring (bicyclic) bond motifs is 2. The molecule has 1 aromatic heterocycles. The van der Waals surface area contributed by atoms with Gasteiger partial charge in [-0.1, -0.05) is 12.1 Å². The topological polar surface area (TPSA) is 67.1 Å². The summed E-state index contributed by atoms with van der Waals surface area (Å²) in [6.07, 6.45) is 0. The molecule has 3 aromatic rings. The van der Waals surface area contributed by atoms with Crippen LogP contribution < -0.4 is 15.1 Å². The fourth-order valence-corrected chi connectivity index (χ4v) is 2.68. The monoisotopic (exact) mass is 330 g/mol. The zero-order valence-corrected chi connectivity index (χ0v) is 13.8. The number of methoxy groups -OCH3 is 2. The van der Waals surface area contributed by atoms with Crippen molar-refractivity contribution in [2.45, 2.75) is 6.92 Å². The minimum atomic E-state index is -0.459. The minimum Gasteiger partial charge on any atom is -0.467 e. The number of ether oxygens (including phenoxy) is 4. The molecule has 0 saturated heterocycles. The summed E-state index contributed by atoms with van der Waals surface area (Å²) in [4.78, 5) is 12.4. The molecular formula is C18H18O6. The zero-order chi connectivity index (χ0) is 17.1. The highest BCUT2D eigenvalue weighted by atomic mass is 16.7. The predicted molar refractivity (Wildman–Crippen MR) is 89.7 cm³/mol. The van der Waals surface area contributed by atoms with Gasteiger partial charge in [-0.2, -0.15) is 0 Å². The highest BCUT2D eigenvalue weighted by molar-refractivity contribution is 6.07. The molecule has 24 heavy (non-hydrogen) atoms. The SMILES string of the molecule is COCOc1cccc2cc3cc(C)oc(=O)c3c(OCOC)c12. The van der Waals surface area contributed by atoms with Crippen molar-refractivity contribution in [3.8, 4) is 11.5 Å². The maximum absolute atomic E-state index is 12.4. The average Bonchev–Trinajstić information content (AvgIpc) is 2.56. The molecule has 1 heterocycles. The highest BCUT2D eigenvalue weighted by Crippen LogP contribution is 2.39. The molecule has 0 spiro atoms. The Labute approximate surface area is 138 Å². The molecule has 0 saturated carbocycles. The van der Waals surface area contributed by atoms with Crippen molar-refractivity contribution in [1.82, 2.24) is 0 Å². The molecule has 0 atom stereocenters. The van der Waals surface area contributed by atoms with Crippen molar-refractivity contribution in [2.24, 2.45) is 0 Å². The van der Waals surface area contributed by atoms with Gasteiger partial charge in [-0.25, -0.2) is 4.79 Å². The van der Waals surface area contributed by atoms with E-state index in [1.807, 2.05) is 18.2 Å². The first-order chi connectivity index (χ1) is 11.7. The summed E-state index contributed by atoms with van der Waals surface area (Å²) in [6, 6.07) is 9.31. The Balaban J connectivity index is 2.38. The third-order valence-corrected chi connectivity index (χ3v) is 3.58. The first-order valence-electron chi connectivity index (χ1n) is 7.39. The van der Waals surface area contributed by atoms with Crippen LogP contribution in [0.4, 0.5) is 0 Å². The second-order valence-corrected chi connectivity index (χ2v) is 5.27. The summed E-state index contributed by atoms with van der Waals surface area (Å²) in [5.41, 5.74) is -0.459. The molecule has 0 aliphatic heterocycles. The van der Waals surface area contributed by atoms with E-state index >= 15 is 0 Å². The van der Waals surface area contributed by atoms with Crippen molar-refractivity contribution in [3.63, 3.8) is 0 Å². The molecule has 0 aliphatic rings. The van der Waals surface area contributed by atoms with Gasteiger partial charge in [0.1, 0.15) is 22.6 Å². The lowest BCUT2D eigenvalue weighted by Gasteiger charge is -2.15. The molecule has 0 aliphatic carbocycles. The number of hydrogen-bond donors (Lipinski definition) is 0. The van der Waals surface area contributed by atoms with Crippen molar-refractivity contribution in [1.29, 1.82) is 0 Å². The molecule has 0 N–H and O–H groups in total. The third kappa shape index (κ3) is 2.93. The van der Waals surface area contributed by atoms with Gasteiger partial charge in [0.2, 0.25) is 0 Å². The standard InChI is InChI=1S/C18H18O6/c1-11-7-13-8-12-5-4-6-14(22-9-20-2)15(12)17(23-10-21-3)16(13)18(19)24-11/h4-8H,9-10H2,1-3H3. The van der Waals surface area contributed by atoms with E-state index < -0.39 is 5.63 Å². The first kappa shape index (κ1) is 16.3. The van der Waals surface area contributed by atoms with Gasteiger partial charge in [0, 0.05) is 14.2 Å². The highest BCUT2D eigenvalue weighted by Gasteiger charge is 2.17. The molecule has 6 heteroatoms. The van der Waals surface area contributed by atoms with E-state index in [0.717, 1.165) is 10.8 Å². The van der Waals surface area contributed by atoms with Crippen LogP contribution in [0.5, 0.6) is 11.5 Å². The Morgan fingerprint density at radius 2 is 1.71 bits per heavy atom. The van der Waals surface area contributed by atoms with Gasteiger partial charge in [0.05, 0.1) is 5.39 Å². The fraction of sp³-hybridized carbons (Fsp3) is 0.278. The lowest BCUT2D eigenvalue weighted by Crippen LogP contribution is -2.08. The second kappa shape index (κ2) is 6.90. The van der Waals surface area contributed by atoms with Crippen molar-refractivity contribution in [2.75, 3.05) is 27.8 Å². The molecule has 126 valence electrons. The van der Waals surface area contributed by atoms with E-state index in [2.05, 4.69) is 0 Å². The molecule has 0 fully saturated rings. The van der Waals surface area contributed by atoms with E-state index in [1.165, 1.54) is 7.11 Å². The van der Waals surface area contributed by atoms with E-state index in [0.29, 0.717) is 28.0 Å². The van der Waals surface area contributed by atoms with Crippen molar-refractivity contribution < 1.29 is 23.4 Å². The van der Waals surface area contributed by atoms with Crippen LogP contribution in [0.3, 0.4) is 0 Å². The van der Waals surface area contributed by atoms with Crippen LogP contribution in [0.2, 0.25) is 0 Å². The van der Waals surface area contributed by atoms with E-state index in [1.54, 1.807) is 26.2 Å². The number of benzene rings is 2. The van der Waals surface area contributed by atoms with Crippen LogP contribution in [0.25, 0.3) is 21.5 Å². The lowest BCUT2D eigenvalue weighted by atomic mass is 10.0. The number of hydrogen-bond acceptors (Lipinski definition) is 6. The van der Waals surface area contributed by atoms with Gasteiger partial charge in [-0.15, -0.1) is 0 Å². The van der Waals surface area contributed by atoms with Gasteiger partial charge in [-0.05, 0) is 35.9 Å². The van der Waals surface area contributed by atoms with Gasteiger partial charge >= 0.3 is 5.63 Å². The first-order valence-corrected chi connectivity index (χ1v) is 7.39. The van der Waals surface area contributed by atoms with Gasteiger partial charge in [0.15, 0.2) is 13.6 Å². The Bertz CT molecular complexity index is 928. The molecule has 6 nitrogen and oxygen atoms in total. The van der Waals surface area contributed by atoms with Crippen LogP contribution in [-0.4, -0.2) is 27.8 Å². The average molecular weight is 330 g/mol. The van der Waals surface area contributed by atoms with Crippen LogP contribution in [-0.2, 0) is 9.47 Å². The van der Waals surface area contributed by atoms with E-state index in [4.69, 9.17) is 23.4 Å². The van der Waals surface area contributed by atoms with Crippen LogP contribution >= 0.6 is 0 Å². The molecule has 3 rings (SSSR count). The molecule has 0 unspecified atom stereocenters. The van der Waals surface area contributed by atoms with Gasteiger partial charge in [0.25, 0.3) is 0 Å². The Kier molecular flexibility index (Phi) is 4.69. The minimum absolute atomic E-state index is 0.000141. The lowest BCUT2D eigenvalue weighted by molar-refractivity contribution is 0.0490. The van der Waals surface area contributed by atoms with Gasteiger partial charge < -0.3 is 23.4 Å². The van der Waals surface area contributed by atoms with E-state index in [-0.39, 0.29) is 13.6 Å². The normalized spacial score (nSPS) is 11.1. The van der Waals surface area contributed by atoms with Crippen molar-refractivity contribution >= 4 is 21.5 Å². The molecule has 2 aromatic carbocycles. The quantitative estimate of drug-likeness (QED) is 0.511. The molecule has 0 bridgehead atoms. The summed E-state index contributed by atoms with van der Waals surface area (Å²) < 4.78 is 26.6. The fourth-order valence-electron chi connectivity index (χ4n) is 2.68. The summed E-state index contributed by atoms with van der Waals surface area (Å²) in [7, 11) is 3.06. The Morgan fingerprint density at radius 3 is 2.46 bits per heavy atom. The summed E-state index contributed by atoms with van der Waals surface area (Å²) in [5, 5.41) is 2.66. The largest absolute Gasteiger partial charge is 0.467 e. The zero-order valence-electron chi connectivity index (χ0n) is 13.8. The maximum atomic E-state index is 12.4. The van der Waals surface area contributed by atoms with Gasteiger partial charge in [-0.3, -0.25) is 0 Å². The Hall–Kier alpha value is -2.57. The number of aryl methyl sites for hydroxylation is 1. The summed E-state index contributed by atoms with van der Waals surface area (Å²) in [6.45, 7) is 1.82. The number of rotatable bonds is 6. The molecule has 0 amide bonds. The van der Waals surface area contributed by atoms with Crippen LogP contribution in [0.1, 0.15) is 5.76 Å². The second-order valence-electron chi connectivity index (χ2n) is 5.27. The summed E-state index contributed by atoms with van der Waals surface area (Å²) in [5.74, 6) is 1.48. The van der Waals surface area contributed by atoms with Crippen molar-refractivity contribution in [3.05, 3.63) is 46.5 Å². The Morgan fingerprint density at radius 1 is 0.958 bits per heavy atom. The predicted octanol–water partition coefficient (Wildman–Crippen LogP) is 3.22. The summed E-state index contributed by atoms with van der Waals surface area (Å²) >= 11 is 0. The third-order valence-electron chi connectivity index (χ3n) is 3.58. The molecular weight excluding hydrogens is 312 g/mol. The van der Waals surface area contributed by atoms with E-state index in [9.17, 15) is 4.79 Å². The maximum Gasteiger partial charge on any atom is 0.347 e.